The largest absolute Gasteiger partial charge is 0.496 e. The van der Waals surface area contributed by atoms with Crippen LogP contribution in [0.25, 0.3) is 16.9 Å². The fourth-order valence-corrected chi connectivity index (χ4v) is 3.15. The first kappa shape index (κ1) is 18.1. The molecule has 0 unspecified atom stereocenters. The van der Waals surface area contributed by atoms with Crippen molar-refractivity contribution >= 4 is 11.6 Å². The number of rotatable bonds is 5. The van der Waals surface area contributed by atoms with Crippen LogP contribution in [0.2, 0.25) is 5.02 Å². The van der Waals surface area contributed by atoms with E-state index in [2.05, 4.69) is 20.5 Å². The molecule has 2 aromatic carbocycles. The van der Waals surface area contributed by atoms with E-state index in [1.165, 1.54) is 18.1 Å². The number of hydrogen-bond donors (Lipinski definition) is 0. The third-order valence-corrected chi connectivity index (χ3v) is 4.54. The minimum atomic E-state index is -0.342. The van der Waals surface area contributed by atoms with E-state index < -0.39 is 0 Å². The van der Waals surface area contributed by atoms with Crippen LogP contribution in [0, 0.1) is 5.82 Å². The average Bonchev–Trinajstić information content (AvgIpc) is 3.24. The Labute approximate surface area is 165 Å². The molecule has 6 nitrogen and oxygen atoms in total. The number of aromatic nitrogens is 5. The van der Waals surface area contributed by atoms with Gasteiger partial charge in [-0.3, -0.25) is 0 Å². The van der Waals surface area contributed by atoms with Crippen LogP contribution in [-0.2, 0) is 6.42 Å². The van der Waals surface area contributed by atoms with E-state index >= 15 is 4.39 Å². The van der Waals surface area contributed by atoms with Gasteiger partial charge in [-0.2, -0.15) is 4.68 Å². The van der Waals surface area contributed by atoms with Crippen molar-refractivity contribution in [3.63, 3.8) is 0 Å². The Balaban J connectivity index is 1.68. The minimum Gasteiger partial charge on any atom is -0.496 e. The van der Waals surface area contributed by atoms with E-state index in [-0.39, 0.29) is 5.82 Å². The average molecular weight is 396 g/mol. The summed E-state index contributed by atoms with van der Waals surface area (Å²) in [5.41, 5.74) is 2.45. The van der Waals surface area contributed by atoms with E-state index in [0.29, 0.717) is 39.7 Å². The van der Waals surface area contributed by atoms with Gasteiger partial charge in [0.05, 0.1) is 12.7 Å². The van der Waals surface area contributed by atoms with Crippen molar-refractivity contribution in [1.82, 2.24) is 25.2 Å². The van der Waals surface area contributed by atoms with Crippen LogP contribution >= 0.6 is 11.6 Å². The summed E-state index contributed by atoms with van der Waals surface area (Å²) in [6.07, 6.45) is 3.52. The maximum absolute atomic E-state index is 15.4. The first-order valence-electron chi connectivity index (χ1n) is 8.45. The summed E-state index contributed by atoms with van der Waals surface area (Å²) in [4.78, 5) is 4.33. The van der Waals surface area contributed by atoms with Gasteiger partial charge in [-0.25, -0.2) is 9.37 Å². The Hall–Kier alpha value is -3.32. The van der Waals surface area contributed by atoms with Crippen LogP contribution in [0.5, 0.6) is 5.75 Å². The van der Waals surface area contributed by atoms with E-state index in [4.69, 9.17) is 16.3 Å². The van der Waals surface area contributed by atoms with Gasteiger partial charge < -0.3 is 4.74 Å². The molecule has 140 valence electrons. The highest BCUT2D eigenvalue weighted by Crippen LogP contribution is 2.36. The summed E-state index contributed by atoms with van der Waals surface area (Å²) in [5.74, 6) is 0.699. The normalized spacial score (nSPS) is 10.8. The number of pyridine rings is 1. The molecule has 28 heavy (non-hydrogen) atoms. The van der Waals surface area contributed by atoms with E-state index in [0.717, 1.165) is 5.56 Å². The zero-order valence-corrected chi connectivity index (χ0v) is 15.6. The van der Waals surface area contributed by atoms with Crippen molar-refractivity contribution in [2.24, 2.45) is 0 Å². The molecule has 4 aromatic rings. The zero-order chi connectivity index (χ0) is 19.5. The van der Waals surface area contributed by atoms with E-state index in [1.54, 1.807) is 48.7 Å². The highest BCUT2D eigenvalue weighted by Gasteiger charge is 2.17. The summed E-state index contributed by atoms with van der Waals surface area (Å²) in [6.45, 7) is 0. The van der Waals surface area contributed by atoms with Gasteiger partial charge in [0.1, 0.15) is 17.9 Å². The van der Waals surface area contributed by atoms with Gasteiger partial charge in [-0.1, -0.05) is 35.9 Å². The molecule has 0 aliphatic heterocycles. The van der Waals surface area contributed by atoms with Crippen LogP contribution in [0.4, 0.5) is 4.39 Å². The maximum Gasteiger partial charge on any atom is 0.156 e. The highest BCUT2D eigenvalue weighted by molar-refractivity contribution is 6.30. The second kappa shape index (κ2) is 7.74. The van der Waals surface area contributed by atoms with Gasteiger partial charge in [-0.05, 0) is 51.4 Å². The molecule has 0 amide bonds. The SMILES string of the molecule is COc1ccc(Cc2ccc(-n3cnnn3)nc2)c(F)c1-c1cccc(Cl)c1. The molecule has 2 aromatic heterocycles. The molecule has 2 heterocycles. The zero-order valence-electron chi connectivity index (χ0n) is 14.9. The predicted octanol–water partition coefficient (Wildman–Crippen LogP) is 4.12. The van der Waals surface area contributed by atoms with Crippen LogP contribution in [0.1, 0.15) is 11.1 Å². The van der Waals surface area contributed by atoms with Gasteiger partial charge in [0.25, 0.3) is 0 Å². The Morgan fingerprint density at radius 3 is 2.71 bits per heavy atom. The van der Waals surface area contributed by atoms with Crippen molar-refractivity contribution in [2.45, 2.75) is 6.42 Å². The summed E-state index contributed by atoms with van der Waals surface area (Å²) in [5, 5.41) is 11.5. The summed E-state index contributed by atoms with van der Waals surface area (Å²) in [7, 11) is 1.52. The van der Waals surface area contributed by atoms with Crippen LogP contribution in [-0.4, -0.2) is 32.3 Å². The van der Waals surface area contributed by atoms with Crippen molar-refractivity contribution in [2.75, 3.05) is 7.11 Å². The fraction of sp³-hybridized carbons (Fsp3) is 0.100. The van der Waals surface area contributed by atoms with Gasteiger partial charge in [0.15, 0.2) is 5.82 Å². The molecule has 0 aliphatic rings. The quantitative estimate of drug-likeness (QED) is 0.508. The first-order valence-corrected chi connectivity index (χ1v) is 8.83. The number of benzene rings is 2. The van der Waals surface area contributed by atoms with Gasteiger partial charge in [-0.15, -0.1) is 5.10 Å². The number of halogens is 2. The number of nitrogens with zero attached hydrogens (tertiary/aromatic N) is 5. The standard InChI is InChI=1S/C20H15ClFN5O/c1-28-17-7-6-15(20(22)19(17)14-3-2-4-16(21)10-14)9-13-5-8-18(23-11-13)27-12-24-25-26-27/h2-8,10-12H,9H2,1H3. The van der Waals surface area contributed by atoms with Crippen LogP contribution in [0.3, 0.4) is 0 Å². The molecule has 0 saturated heterocycles. The molecule has 0 aliphatic carbocycles. The van der Waals surface area contributed by atoms with E-state index in [1.807, 2.05) is 6.07 Å². The molecule has 0 bridgehead atoms. The number of methoxy groups -OCH3 is 1. The van der Waals surface area contributed by atoms with Crippen molar-refractivity contribution in [1.29, 1.82) is 0 Å². The molecule has 4 rings (SSSR count). The van der Waals surface area contributed by atoms with Crippen LogP contribution < -0.4 is 4.74 Å². The fourth-order valence-electron chi connectivity index (χ4n) is 2.96. The first-order chi connectivity index (χ1) is 13.7. The lowest BCUT2D eigenvalue weighted by atomic mass is 9.97. The molecule has 0 radical (unpaired) electrons. The smallest absolute Gasteiger partial charge is 0.156 e. The molecule has 8 heteroatoms. The lowest BCUT2D eigenvalue weighted by Crippen LogP contribution is -2.01. The molecule has 0 saturated carbocycles. The molecular weight excluding hydrogens is 381 g/mol. The van der Waals surface area contributed by atoms with Crippen LogP contribution in [0.15, 0.2) is 61.1 Å². The highest BCUT2D eigenvalue weighted by atomic mass is 35.5. The second-order valence-corrected chi connectivity index (χ2v) is 6.52. The maximum atomic E-state index is 15.4. The predicted molar refractivity (Wildman–Crippen MR) is 103 cm³/mol. The Kier molecular flexibility index (Phi) is 4.99. The molecule has 0 atom stereocenters. The Bertz CT molecular complexity index is 1100. The van der Waals surface area contributed by atoms with Crippen molar-refractivity contribution in [3.05, 3.63) is 83.0 Å². The number of hydrogen-bond acceptors (Lipinski definition) is 5. The third kappa shape index (κ3) is 3.57. The lowest BCUT2D eigenvalue weighted by molar-refractivity contribution is 0.413. The summed E-state index contributed by atoms with van der Waals surface area (Å²) >= 11 is 6.08. The summed E-state index contributed by atoms with van der Waals surface area (Å²) < 4.78 is 22.2. The van der Waals surface area contributed by atoms with Crippen molar-refractivity contribution < 1.29 is 9.13 Å². The number of ether oxygens (including phenoxy) is 1. The van der Waals surface area contributed by atoms with Gasteiger partial charge >= 0.3 is 0 Å². The molecular formula is C20H15ClFN5O. The molecule has 0 spiro atoms. The minimum absolute atomic E-state index is 0.342. The Morgan fingerprint density at radius 1 is 1.14 bits per heavy atom. The second-order valence-electron chi connectivity index (χ2n) is 6.08. The van der Waals surface area contributed by atoms with Gasteiger partial charge in [0.2, 0.25) is 0 Å². The molecule has 0 fully saturated rings. The van der Waals surface area contributed by atoms with Gasteiger partial charge in [0, 0.05) is 17.6 Å². The summed E-state index contributed by atoms with van der Waals surface area (Å²) in [6, 6.07) is 14.2. The van der Waals surface area contributed by atoms with Crippen molar-refractivity contribution in [3.8, 4) is 22.7 Å². The molecule has 0 N–H and O–H groups in total. The monoisotopic (exact) mass is 395 g/mol. The van der Waals surface area contributed by atoms with E-state index in [9.17, 15) is 0 Å². The topological polar surface area (TPSA) is 65.7 Å². The number of tetrazole rings is 1. The lowest BCUT2D eigenvalue weighted by Gasteiger charge is -2.14. The third-order valence-electron chi connectivity index (χ3n) is 4.30. The Morgan fingerprint density at radius 2 is 2.04 bits per heavy atom.